The van der Waals surface area contributed by atoms with Gasteiger partial charge in [0.1, 0.15) is 5.82 Å². The Morgan fingerprint density at radius 1 is 1.37 bits per heavy atom. The lowest BCUT2D eigenvalue weighted by Crippen LogP contribution is -2.38. The van der Waals surface area contributed by atoms with Gasteiger partial charge in [-0.3, -0.25) is 9.59 Å². The maximum Gasteiger partial charge on any atom is 0.305 e. The predicted octanol–water partition coefficient (Wildman–Crippen LogP) is 1.98. The Morgan fingerprint density at radius 3 is 2.63 bits per heavy atom. The summed E-state index contributed by atoms with van der Waals surface area (Å²) in [6, 6.07) is 5.68. The second kappa shape index (κ2) is 6.87. The van der Waals surface area contributed by atoms with Crippen LogP contribution in [0.1, 0.15) is 25.8 Å². The SMILES string of the molecule is CC(CC(=O)O)NC(=O)C(C)Cc1cccc(F)c1. The molecule has 2 atom stereocenters. The van der Waals surface area contributed by atoms with Gasteiger partial charge in [0.25, 0.3) is 0 Å². The minimum absolute atomic E-state index is 0.113. The number of benzene rings is 1. The number of halogens is 1. The third kappa shape index (κ3) is 5.50. The molecule has 104 valence electrons. The number of hydrogen-bond donors (Lipinski definition) is 2. The Morgan fingerprint density at radius 2 is 2.05 bits per heavy atom. The quantitative estimate of drug-likeness (QED) is 0.828. The third-order valence-corrected chi connectivity index (χ3v) is 2.75. The van der Waals surface area contributed by atoms with Crippen LogP contribution in [0.4, 0.5) is 4.39 Å². The van der Waals surface area contributed by atoms with Gasteiger partial charge < -0.3 is 10.4 Å². The van der Waals surface area contributed by atoms with Crippen LogP contribution in [-0.2, 0) is 16.0 Å². The van der Waals surface area contributed by atoms with Gasteiger partial charge >= 0.3 is 5.97 Å². The summed E-state index contributed by atoms with van der Waals surface area (Å²) < 4.78 is 13.0. The first kappa shape index (κ1) is 15.1. The van der Waals surface area contributed by atoms with Crippen molar-refractivity contribution in [1.29, 1.82) is 0 Å². The second-order valence-electron chi connectivity index (χ2n) is 4.74. The van der Waals surface area contributed by atoms with E-state index in [-0.39, 0.29) is 24.1 Å². The third-order valence-electron chi connectivity index (χ3n) is 2.75. The van der Waals surface area contributed by atoms with E-state index >= 15 is 0 Å². The largest absolute Gasteiger partial charge is 0.481 e. The van der Waals surface area contributed by atoms with Gasteiger partial charge in [0.2, 0.25) is 5.91 Å². The topological polar surface area (TPSA) is 66.4 Å². The van der Waals surface area contributed by atoms with Gasteiger partial charge in [-0.15, -0.1) is 0 Å². The number of amides is 1. The van der Waals surface area contributed by atoms with Crippen molar-refractivity contribution in [3.63, 3.8) is 0 Å². The number of aliphatic carboxylic acids is 1. The first-order valence-corrected chi connectivity index (χ1v) is 6.15. The molecule has 0 radical (unpaired) electrons. The van der Waals surface area contributed by atoms with Crippen LogP contribution in [0.15, 0.2) is 24.3 Å². The molecule has 2 unspecified atom stereocenters. The molecule has 0 heterocycles. The van der Waals surface area contributed by atoms with Crippen molar-refractivity contribution in [2.75, 3.05) is 0 Å². The van der Waals surface area contributed by atoms with Crippen molar-refractivity contribution < 1.29 is 19.1 Å². The van der Waals surface area contributed by atoms with E-state index < -0.39 is 12.0 Å². The average Bonchev–Trinajstić information content (AvgIpc) is 2.27. The van der Waals surface area contributed by atoms with Gasteiger partial charge in [0, 0.05) is 12.0 Å². The number of hydrogen-bond acceptors (Lipinski definition) is 2. The van der Waals surface area contributed by atoms with Crippen molar-refractivity contribution in [1.82, 2.24) is 5.32 Å². The van der Waals surface area contributed by atoms with Crippen molar-refractivity contribution >= 4 is 11.9 Å². The van der Waals surface area contributed by atoms with Gasteiger partial charge in [0.05, 0.1) is 6.42 Å². The Labute approximate surface area is 111 Å². The highest BCUT2D eigenvalue weighted by atomic mass is 19.1. The van der Waals surface area contributed by atoms with E-state index in [9.17, 15) is 14.0 Å². The van der Waals surface area contributed by atoms with E-state index in [0.29, 0.717) is 6.42 Å². The van der Waals surface area contributed by atoms with Gasteiger partial charge in [-0.1, -0.05) is 19.1 Å². The predicted molar refractivity (Wildman–Crippen MR) is 69.1 cm³/mol. The molecule has 4 nitrogen and oxygen atoms in total. The van der Waals surface area contributed by atoms with E-state index in [2.05, 4.69) is 5.32 Å². The summed E-state index contributed by atoms with van der Waals surface area (Å²) in [6.45, 7) is 3.37. The number of carbonyl (C=O) groups excluding carboxylic acids is 1. The molecular formula is C14H18FNO3. The van der Waals surface area contributed by atoms with E-state index in [4.69, 9.17) is 5.11 Å². The molecule has 0 aromatic heterocycles. The van der Waals surface area contributed by atoms with Gasteiger partial charge in [-0.25, -0.2) is 4.39 Å². The molecule has 2 N–H and O–H groups in total. The second-order valence-corrected chi connectivity index (χ2v) is 4.74. The molecule has 1 aromatic rings. The first-order valence-electron chi connectivity index (χ1n) is 6.15. The highest BCUT2D eigenvalue weighted by Gasteiger charge is 2.17. The monoisotopic (exact) mass is 267 g/mol. The Balaban J connectivity index is 2.51. The molecule has 0 saturated carbocycles. The lowest BCUT2D eigenvalue weighted by Gasteiger charge is -2.16. The van der Waals surface area contributed by atoms with Crippen LogP contribution < -0.4 is 5.32 Å². The van der Waals surface area contributed by atoms with Crippen molar-refractivity contribution in [3.8, 4) is 0 Å². The molecule has 0 saturated heterocycles. The molecule has 1 amide bonds. The van der Waals surface area contributed by atoms with Gasteiger partial charge in [-0.05, 0) is 31.0 Å². The standard InChI is InChI=1S/C14H18FNO3/c1-9(6-11-4-3-5-12(15)8-11)14(19)16-10(2)7-13(17)18/h3-5,8-10H,6-7H2,1-2H3,(H,16,19)(H,17,18). The molecule has 0 aliphatic heterocycles. The molecule has 0 spiro atoms. The fourth-order valence-electron chi connectivity index (χ4n) is 1.81. The maximum absolute atomic E-state index is 13.0. The minimum atomic E-state index is -0.953. The summed E-state index contributed by atoms with van der Waals surface area (Å²) >= 11 is 0. The van der Waals surface area contributed by atoms with Crippen LogP contribution >= 0.6 is 0 Å². The average molecular weight is 267 g/mol. The molecule has 1 aromatic carbocycles. The lowest BCUT2D eigenvalue weighted by atomic mass is 10.00. The molecule has 0 fully saturated rings. The zero-order valence-corrected chi connectivity index (χ0v) is 11.0. The summed E-state index contributed by atoms with van der Waals surface area (Å²) in [6.07, 6.45) is 0.307. The van der Waals surface area contributed by atoms with Crippen LogP contribution in [0, 0.1) is 11.7 Å². The van der Waals surface area contributed by atoms with Crippen LogP contribution in [0.5, 0.6) is 0 Å². The summed E-state index contributed by atoms with van der Waals surface area (Å²) in [4.78, 5) is 22.3. The number of carbonyl (C=O) groups is 2. The van der Waals surface area contributed by atoms with Crippen LogP contribution in [0.2, 0.25) is 0 Å². The molecule has 0 aliphatic carbocycles. The Bertz CT molecular complexity index is 462. The van der Waals surface area contributed by atoms with Crippen molar-refractivity contribution in [2.45, 2.75) is 32.7 Å². The number of carboxylic acid groups (broad SMARTS) is 1. The number of carboxylic acids is 1. The zero-order chi connectivity index (χ0) is 14.4. The molecule has 19 heavy (non-hydrogen) atoms. The molecule has 0 aliphatic rings. The maximum atomic E-state index is 13.0. The number of rotatable bonds is 6. The summed E-state index contributed by atoms with van der Waals surface area (Å²) in [7, 11) is 0. The first-order chi connectivity index (χ1) is 8.88. The molecule has 5 heteroatoms. The summed E-state index contributed by atoms with van der Waals surface area (Å²) in [5.41, 5.74) is 0.744. The van der Waals surface area contributed by atoms with E-state index in [0.717, 1.165) is 5.56 Å². The Hall–Kier alpha value is -1.91. The number of nitrogens with one attached hydrogen (secondary N) is 1. The van der Waals surface area contributed by atoms with E-state index in [1.54, 1.807) is 26.0 Å². The van der Waals surface area contributed by atoms with Crippen molar-refractivity contribution in [2.24, 2.45) is 5.92 Å². The Kier molecular flexibility index (Phi) is 5.48. The van der Waals surface area contributed by atoms with Crippen molar-refractivity contribution in [3.05, 3.63) is 35.6 Å². The highest BCUT2D eigenvalue weighted by Crippen LogP contribution is 2.10. The summed E-state index contributed by atoms with van der Waals surface area (Å²) in [5, 5.41) is 11.2. The van der Waals surface area contributed by atoms with E-state index in [1.165, 1.54) is 12.1 Å². The van der Waals surface area contributed by atoms with Crippen LogP contribution in [0.25, 0.3) is 0 Å². The van der Waals surface area contributed by atoms with E-state index in [1.807, 2.05) is 0 Å². The highest BCUT2D eigenvalue weighted by molar-refractivity contribution is 5.79. The fraction of sp³-hybridized carbons (Fsp3) is 0.429. The zero-order valence-electron chi connectivity index (χ0n) is 11.0. The lowest BCUT2D eigenvalue weighted by molar-refractivity contribution is -0.137. The van der Waals surface area contributed by atoms with Crippen LogP contribution in [-0.4, -0.2) is 23.0 Å². The van der Waals surface area contributed by atoms with Gasteiger partial charge in [0.15, 0.2) is 0 Å². The minimum Gasteiger partial charge on any atom is -0.481 e. The smallest absolute Gasteiger partial charge is 0.305 e. The molecule has 0 bridgehead atoms. The fourth-order valence-corrected chi connectivity index (χ4v) is 1.81. The normalized spacial score (nSPS) is 13.6. The molecule has 1 rings (SSSR count). The molecular weight excluding hydrogens is 249 g/mol. The summed E-state index contributed by atoms with van der Waals surface area (Å²) in [5.74, 6) is -1.84. The van der Waals surface area contributed by atoms with Crippen LogP contribution in [0.3, 0.4) is 0 Å². The van der Waals surface area contributed by atoms with Gasteiger partial charge in [-0.2, -0.15) is 0 Å².